The highest BCUT2D eigenvalue weighted by molar-refractivity contribution is 7.93. The third kappa shape index (κ3) is 7.79. The van der Waals surface area contributed by atoms with Crippen molar-refractivity contribution in [3.8, 4) is 5.75 Å². The average Bonchev–Trinajstić information content (AvgIpc) is 2.84. The van der Waals surface area contributed by atoms with E-state index in [-0.39, 0.29) is 24.2 Å². The summed E-state index contributed by atoms with van der Waals surface area (Å²) >= 11 is 0. The Morgan fingerprint density at radius 2 is 1.92 bits per heavy atom. The molecule has 0 unspecified atom stereocenters. The largest absolute Gasteiger partial charge is 0.490 e. The molecular weight excluding hydrogens is 487 g/mol. The van der Waals surface area contributed by atoms with Crippen molar-refractivity contribution in [2.45, 2.75) is 25.9 Å². The summed E-state index contributed by atoms with van der Waals surface area (Å²) < 4.78 is 52.9. The Kier molecular flexibility index (Phi) is 9.43. The standard InChI is InChI=1S/C25H31FN4O5S/c1-2-34-24(31)17-36(32,33)30(16-20(26)15-18-4-3-5-19(14-18)25(27)28)21-6-8-22(9-7-21)35-23-10-12-29-13-11-23/h3-9,14-15,23,29H,2,10-13,16-17H2,1H3,(H3,27,28). The van der Waals surface area contributed by atoms with Crippen molar-refractivity contribution in [3.63, 3.8) is 0 Å². The second-order valence-electron chi connectivity index (χ2n) is 8.26. The highest BCUT2D eigenvalue weighted by Gasteiger charge is 2.28. The molecule has 1 heterocycles. The number of nitrogen functional groups attached to an aromatic ring is 1. The SMILES string of the molecule is CCOC(=O)CS(=O)(=O)N(CC(F)=Cc1cccc(C(=N)N)c1)c1ccc(OC2CCNCC2)cc1. The van der Waals surface area contributed by atoms with Gasteiger partial charge in [-0.15, -0.1) is 0 Å². The van der Waals surface area contributed by atoms with Crippen LogP contribution >= 0.6 is 0 Å². The first-order valence-corrected chi connectivity index (χ1v) is 13.2. The summed E-state index contributed by atoms with van der Waals surface area (Å²) in [5.74, 6) is -2.21. The van der Waals surface area contributed by atoms with Crippen LogP contribution in [0.15, 0.2) is 54.4 Å². The average molecular weight is 519 g/mol. The predicted molar refractivity (Wildman–Crippen MR) is 137 cm³/mol. The molecule has 0 saturated carbocycles. The molecule has 1 saturated heterocycles. The van der Waals surface area contributed by atoms with Gasteiger partial charge in [-0.3, -0.25) is 14.5 Å². The van der Waals surface area contributed by atoms with Gasteiger partial charge in [0, 0.05) is 5.56 Å². The molecule has 2 aromatic carbocycles. The van der Waals surface area contributed by atoms with E-state index in [4.69, 9.17) is 20.6 Å². The lowest BCUT2D eigenvalue weighted by Crippen LogP contribution is -2.37. The molecule has 3 rings (SSSR count). The van der Waals surface area contributed by atoms with Crippen LogP contribution in [0, 0.1) is 5.41 Å². The van der Waals surface area contributed by atoms with Gasteiger partial charge >= 0.3 is 5.97 Å². The second kappa shape index (κ2) is 12.5. The first-order chi connectivity index (χ1) is 17.2. The van der Waals surface area contributed by atoms with Crippen LogP contribution in [0.25, 0.3) is 6.08 Å². The molecule has 0 bridgehead atoms. The van der Waals surface area contributed by atoms with Gasteiger partial charge < -0.3 is 20.5 Å². The van der Waals surface area contributed by atoms with Gasteiger partial charge in [-0.05, 0) is 74.8 Å². The molecule has 11 heteroatoms. The Morgan fingerprint density at radius 3 is 2.56 bits per heavy atom. The lowest BCUT2D eigenvalue weighted by atomic mass is 10.1. The Labute approximate surface area is 210 Å². The molecule has 9 nitrogen and oxygen atoms in total. The van der Waals surface area contributed by atoms with Gasteiger partial charge in [0.2, 0.25) is 10.0 Å². The second-order valence-corrected chi connectivity index (χ2v) is 10.2. The van der Waals surface area contributed by atoms with Crippen LogP contribution in [0.1, 0.15) is 30.9 Å². The van der Waals surface area contributed by atoms with Gasteiger partial charge in [0.05, 0.1) is 18.8 Å². The van der Waals surface area contributed by atoms with Gasteiger partial charge in [0.15, 0.2) is 5.75 Å². The van der Waals surface area contributed by atoms with Gasteiger partial charge in [-0.25, -0.2) is 12.8 Å². The van der Waals surface area contributed by atoms with Crippen molar-refractivity contribution in [2.24, 2.45) is 5.73 Å². The predicted octanol–water partition coefficient (Wildman–Crippen LogP) is 2.81. The molecule has 0 aliphatic carbocycles. The number of halogens is 1. The number of carbonyl (C=O) groups excluding carboxylic acids is 1. The minimum absolute atomic E-state index is 0.0256. The van der Waals surface area contributed by atoms with Crippen molar-refractivity contribution in [1.29, 1.82) is 5.41 Å². The highest BCUT2D eigenvalue weighted by atomic mass is 32.2. The molecule has 0 aromatic heterocycles. The summed E-state index contributed by atoms with van der Waals surface area (Å²) in [4.78, 5) is 12.0. The molecule has 0 atom stereocenters. The molecule has 1 fully saturated rings. The molecule has 0 amide bonds. The minimum atomic E-state index is -4.27. The number of hydrogen-bond donors (Lipinski definition) is 3. The number of benzene rings is 2. The fourth-order valence-corrected chi connectivity index (χ4v) is 5.04. The molecule has 0 spiro atoms. The Hall–Kier alpha value is -3.44. The van der Waals surface area contributed by atoms with E-state index in [2.05, 4.69) is 5.32 Å². The van der Waals surface area contributed by atoms with E-state index in [0.717, 1.165) is 36.3 Å². The maximum atomic E-state index is 15.1. The van der Waals surface area contributed by atoms with Gasteiger partial charge in [-0.1, -0.05) is 18.2 Å². The van der Waals surface area contributed by atoms with Crippen LogP contribution in [-0.4, -0.2) is 58.3 Å². The fourth-order valence-electron chi connectivity index (χ4n) is 3.74. The maximum absolute atomic E-state index is 15.1. The molecular formula is C25H31FN4O5S. The van der Waals surface area contributed by atoms with Gasteiger partial charge in [0.1, 0.15) is 23.5 Å². The van der Waals surface area contributed by atoms with E-state index in [1.165, 1.54) is 18.2 Å². The number of carbonyl (C=O) groups is 1. The van der Waals surface area contributed by atoms with Crippen molar-refractivity contribution in [2.75, 3.05) is 36.3 Å². The van der Waals surface area contributed by atoms with E-state index in [1.54, 1.807) is 37.3 Å². The third-order valence-electron chi connectivity index (χ3n) is 5.47. The Morgan fingerprint density at radius 1 is 1.22 bits per heavy atom. The number of piperidine rings is 1. The zero-order valence-electron chi connectivity index (χ0n) is 20.1. The van der Waals surface area contributed by atoms with Crippen LogP contribution < -0.4 is 20.1 Å². The number of amidine groups is 1. The summed E-state index contributed by atoms with van der Waals surface area (Å²) in [5.41, 5.74) is 6.49. The number of anilines is 1. The van der Waals surface area contributed by atoms with Crippen LogP contribution in [-0.2, 0) is 19.6 Å². The number of rotatable bonds is 11. The van der Waals surface area contributed by atoms with Crippen LogP contribution in [0.4, 0.5) is 10.1 Å². The molecule has 194 valence electrons. The number of sulfonamides is 1. The fraction of sp³-hybridized carbons (Fsp3) is 0.360. The number of nitrogens with zero attached hydrogens (tertiary/aromatic N) is 1. The quantitative estimate of drug-likeness (QED) is 0.237. The zero-order valence-corrected chi connectivity index (χ0v) is 20.9. The number of nitrogens with one attached hydrogen (secondary N) is 2. The van der Waals surface area contributed by atoms with Gasteiger partial charge in [-0.2, -0.15) is 0 Å². The summed E-state index contributed by atoms with van der Waals surface area (Å²) in [6, 6.07) is 12.6. The van der Waals surface area contributed by atoms with Crippen LogP contribution in [0.5, 0.6) is 5.75 Å². The summed E-state index contributed by atoms with van der Waals surface area (Å²) in [6.07, 6.45) is 2.95. The lowest BCUT2D eigenvalue weighted by molar-refractivity contribution is -0.139. The zero-order chi connectivity index (χ0) is 26.1. The van der Waals surface area contributed by atoms with E-state index >= 15 is 4.39 Å². The molecule has 0 radical (unpaired) electrons. The van der Waals surface area contributed by atoms with Crippen molar-refractivity contribution in [3.05, 3.63) is 65.5 Å². The van der Waals surface area contributed by atoms with E-state index in [1.807, 2.05) is 0 Å². The molecule has 36 heavy (non-hydrogen) atoms. The van der Waals surface area contributed by atoms with Crippen molar-refractivity contribution >= 4 is 33.6 Å². The van der Waals surface area contributed by atoms with E-state index in [0.29, 0.717) is 16.9 Å². The number of nitrogens with two attached hydrogens (primary N) is 1. The van der Waals surface area contributed by atoms with Crippen molar-refractivity contribution < 1.29 is 27.1 Å². The molecule has 4 N–H and O–H groups in total. The maximum Gasteiger partial charge on any atom is 0.323 e. The topological polar surface area (TPSA) is 135 Å². The minimum Gasteiger partial charge on any atom is -0.490 e. The normalized spacial score (nSPS) is 14.8. The van der Waals surface area contributed by atoms with Crippen LogP contribution in [0.2, 0.25) is 0 Å². The smallest absolute Gasteiger partial charge is 0.323 e. The lowest BCUT2D eigenvalue weighted by Gasteiger charge is -2.25. The third-order valence-corrected chi connectivity index (χ3v) is 7.08. The summed E-state index contributed by atoms with van der Waals surface area (Å²) in [7, 11) is -4.27. The molecule has 2 aromatic rings. The Bertz CT molecular complexity index is 1200. The van der Waals surface area contributed by atoms with Gasteiger partial charge in [0.25, 0.3) is 0 Å². The summed E-state index contributed by atoms with van der Waals surface area (Å²) in [5, 5.41) is 10.8. The molecule has 1 aliphatic heterocycles. The first-order valence-electron chi connectivity index (χ1n) is 11.6. The van der Waals surface area contributed by atoms with E-state index < -0.39 is 34.1 Å². The Balaban J connectivity index is 1.85. The number of esters is 1. The van der Waals surface area contributed by atoms with Crippen LogP contribution in [0.3, 0.4) is 0 Å². The highest BCUT2D eigenvalue weighted by Crippen LogP contribution is 2.26. The van der Waals surface area contributed by atoms with E-state index in [9.17, 15) is 13.2 Å². The number of ether oxygens (including phenoxy) is 2. The van der Waals surface area contributed by atoms with Crippen molar-refractivity contribution in [1.82, 2.24) is 5.32 Å². The summed E-state index contributed by atoms with van der Waals surface area (Å²) in [6.45, 7) is 2.69. The number of hydrogen-bond acceptors (Lipinski definition) is 7. The monoisotopic (exact) mass is 518 g/mol. The first kappa shape index (κ1) is 27.2. The molecule has 1 aliphatic rings.